The summed E-state index contributed by atoms with van der Waals surface area (Å²) >= 11 is 6.54. The molecule has 3 aromatic rings. The Morgan fingerprint density at radius 3 is 2.25 bits per heavy atom. The number of hydrogen-bond acceptors (Lipinski definition) is 4. The highest BCUT2D eigenvalue weighted by atomic mass is 35.5. The fourth-order valence-electron chi connectivity index (χ4n) is 4.00. The minimum Gasteiger partial charge on any atom is -0.336 e. The van der Waals surface area contributed by atoms with Gasteiger partial charge in [-0.1, -0.05) is 47.5 Å². The molecule has 0 atom stereocenters. The number of halogens is 1. The van der Waals surface area contributed by atoms with E-state index in [1.165, 1.54) is 4.31 Å². The zero-order chi connectivity index (χ0) is 23.0. The molecule has 0 radical (unpaired) electrons. The van der Waals surface area contributed by atoms with Gasteiger partial charge >= 0.3 is 0 Å². The van der Waals surface area contributed by atoms with E-state index in [-0.39, 0.29) is 37.2 Å². The van der Waals surface area contributed by atoms with E-state index in [0.717, 1.165) is 16.8 Å². The Bertz CT molecular complexity index is 1260. The molecule has 0 N–H and O–H groups in total. The van der Waals surface area contributed by atoms with Crippen LogP contribution in [0.4, 0.5) is 0 Å². The van der Waals surface area contributed by atoms with Gasteiger partial charge in [-0.25, -0.2) is 13.1 Å². The molecule has 168 valence electrons. The molecule has 0 bridgehead atoms. The van der Waals surface area contributed by atoms with Crippen molar-refractivity contribution in [2.75, 3.05) is 26.2 Å². The number of aromatic nitrogens is 2. The van der Waals surface area contributed by atoms with E-state index in [2.05, 4.69) is 5.10 Å². The van der Waals surface area contributed by atoms with Crippen LogP contribution in [0.15, 0.2) is 53.4 Å². The fraction of sp³-hybridized carbons (Fsp3) is 0.304. The van der Waals surface area contributed by atoms with E-state index in [1.54, 1.807) is 35.6 Å². The quantitative estimate of drug-likeness (QED) is 0.581. The molecule has 1 amide bonds. The fourth-order valence-corrected chi connectivity index (χ4v) is 5.98. The molecule has 7 nitrogen and oxygen atoms in total. The second-order valence-corrected chi connectivity index (χ2v) is 10.2. The molecular weight excluding hydrogens is 448 g/mol. The Morgan fingerprint density at radius 1 is 0.969 bits per heavy atom. The Labute approximate surface area is 193 Å². The zero-order valence-corrected chi connectivity index (χ0v) is 19.8. The molecule has 32 heavy (non-hydrogen) atoms. The van der Waals surface area contributed by atoms with Gasteiger partial charge in [0.1, 0.15) is 5.15 Å². The second kappa shape index (κ2) is 8.69. The lowest BCUT2D eigenvalue weighted by molar-refractivity contribution is 0.0697. The zero-order valence-electron chi connectivity index (χ0n) is 18.2. The first-order valence-electron chi connectivity index (χ1n) is 10.4. The van der Waals surface area contributed by atoms with Gasteiger partial charge in [0.15, 0.2) is 0 Å². The van der Waals surface area contributed by atoms with Crippen molar-refractivity contribution in [1.82, 2.24) is 19.0 Å². The first kappa shape index (κ1) is 22.5. The van der Waals surface area contributed by atoms with E-state index in [0.29, 0.717) is 16.2 Å². The monoisotopic (exact) mass is 472 g/mol. The lowest BCUT2D eigenvalue weighted by Gasteiger charge is -2.34. The van der Waals surface area contributed by atoms with Gasteiger partial charge in [-0.2, -0.15) is 9.40 Å². The topological polar surface area (TPSA) is 75.5 Å². The Hall–Kier alpha value is -2.68. The summed E-state index contributed by atoms with van der Waals surface area (Å²) in [6, 6.07) is 14.7. The smallest absolute Gasteiger partial charge is 0.259 e. The van der Waals surface area contributed by atoms with Crippen LogP contribution in [-0.4, -0.2) is 59.5 Å². The predicted octanol–water partition coefficient (Wildman–Crippen LogP) is 3.60. The minimum atomic E-state index is -3.62. The maximum atomic E-state index is 13.2. The second-order valence-electron chi connectivity index (χ2n) is 7.96. The van der Waals surface area contributed by atoms with Crippen LogP contribution in [0.2, 0.25) is 5.15 Å². The Morgan fingerprint density at radius 2 is 1.62 bits per heavy atom. The molecule has 2 aromatic carbocycles. The van der Waals surface area contributed by atoms with Crippen LogP contribution in [0.25, 0.3) is 5.69 Å². The van der Waals surface area contributed by atoms with Crippen molar-refractivity contribution < 1.29 is 13.2 Å². The van der Waals surface area contributed by atoms with Crippen LogP contribution in [0.1, 0.15) is 27.2 Å². The number of sulfonamides is 1. The highest BCUT2D eigenvalue weighted by Crippen LogP contribution is 2.27. The van der Waals surface area contributed by atoms with E-state index < -0.39 is 10.0 Å². The lowest BCUT2D eigenvalue weighted by Crippen LogP contribution is -2.50. The van der Waals surface area contributed by atoms with E-state index in [1.807, 2.05) is 43.3 Å². The first-order chi connectivity index (χ1) is 15.2. The minimum absolute atomic E-state index is 0.227. The molecule has 0 unspecified atom stereocenters. The number of amides is 1. The molecule has 1 aliphatic heterocycles. The summed E-state index contributed by atoms with van der Waals surface area (Å²) < 4.78 is 29.2. The number of nitrogens with zero attached hydrogens (tertiary/aromatic N) is 4. The predicted molar refractivity (Wildman–Crippen MR) is 124 cm³/mol. The first-order valence-corrected chi connectivity index (χ1v) is 12.2. The van der Waals surface area contributed by atoms with Crippen LogP contribution in [0.5, 0.6) is 0 Å². The van der Waals surface area contributed by atoms with Crippen molar-refractivity contribution in [3.8, 4) is 5.69 Å². The summed E-state index contributed by atoms with van der Waals surface area (Å²) in [5.41, 5.74) is 3.39. The maximum absolute atomic E-state index is 13.2. The van der Waals surface area contributed by atoms with Crippen molar-refractivity contribution >= 4 is 27.5 Å². The van der Waals surface area contributed by atoms with E-state index in [9.17, 15) is 13.2 Å². The van der Waals surface area contributed by atoms with Crippen LogP contribution in [-0.2, 0) is 10.0 Å². The third kappa shape index (κ3) is 4.05. The molecule has 1 fully saturated rings. The van der Waals surface area contributed by atoms with Crippen LogP contribution < -0.4 is 0 Å². The maximum Gasteiger partial charge on any atom is 0.259 e. The molecule has 2 heterocycles. The largest absolute Gasteiger partial charge is 0.336 e. The average Bonchev–Trinajstić information content (AvgIpc) is 3.07. The van der Waals surface area contributed by atoms with E-state index >= 15 is 0 Å². The van der Waals surface area contributed by atoms with Gasteiger partial charge in [0.25, 0.3) is 5.91 Å². The van der Waals surface area contributed by atoms with Crippen molar-refractivity contribution in [2.45, 2.75) is 25.7 Å². The van der Waals surface area contributed by atoms with Crippen LogP contribution >= 0.6 is 11.6 Å². The normalized spacial score (nSPS) is 15.2. The van der Waals surface area contributed by atoms with Gasteiger partial charge in [-0.15, -0.1) is 0 Å². The Kier molecular flexibility index (Phi) is 6.11. The highest BCUT2D eigenvalue weighted by Gasteiger charge is 2.33. The molecule has 0 spiro atoms. The number of para-hydroxylation sites is 1. The van der Waals surface area contributed by atoms with Crippen LogP contribution in [0.3, 0.4) is 0 Å². The molecule has 1 aromatic heterocycles. The van der Waals surface area contributed by atoms with Crippen molar-refractivity contribution in [1.29, 1.82) is 0 Å². The summed E-state index contributed by atoms with van der Waals surface area (Å²) in [6.07, 6.45) is 0. The van der Waals surface area contributed by atoms with Crippen LogP contribution in [0, 0.1) is 20.8 Å². The third-order valence-electron chi connectivity index (χ3n) is 5.69. The van der Waals surface area contributed by atoms with Gasteiger partial charge in [-0.05, 0) is 44.5 Å². The van der Waals surface area contributed by atoms with Crippen molar-refractivity contribution in [3.63, 3.8) is 0 Å². The molecule has 1 aliphatic rings. The number of hydrogen-bond donors (Lipinski definition) is 0. The summed E-state index contributed by atoms with van der Waals surface area (Å²) in [5, 5.41) is 4.69. The molecule has 0 aliphatic carbocycles. The number of benzene rings is 2. The average molecular weight is 473 g/mol. The third-order valence-corrected chi connectivity index (χ3v) is 8.10. The van der Waals surface area contributed by atoms with Gasteiger partial charge in [-0.3, -0.25) is 4.79 Å². The lowest BCUT2D eigenvalue weighted by atomic mass is 10.2. The number of aryl methyl sites for hydroxylation is 3. The summed E-state index contributed by atoms with van der Waals surface area (Å²) in [6.45, 7) is 6.51. The molecule has 0 saturated carbocycles. The van der Waals surface area contributed by atoms with Gasteiger partial charge < -0.3 is 4.90 Å². The number of carbonyl (C=O) groups excluding carboxylic acids is 1. The standard InChI is InChI=1S/C23H25ClN4O3S/c1-16-9-10-20(17(2)15-16)32(30,31)27-13-11-26(12-14-27)23(29)21-18(3)25-28(22(21)24)19-7-5-4-6-8-19/h4-10,15H,11-14H2,1-3H3. The highest BCUT2D eigenvalue weighted by molar-refractivity contribution is 7.89. The summed E-state index contributed by atoms with van der Waals surface area (Å²) in [5.74, 6) is -0.238. The van der Waals surface area contributed by atoms with Crippen molar-refractivity contribution in [2.24, 2.45) is 0 Å². The SMILES string of the molecule is Cc1ccc(S(=O)(=O)N2CCN(C(=O)c3c(C)nn(-c4ccccc4)c3Cl)CC2)c(C)c1. The van der Waals surface area contributed by atoms with Gasteiger partial charge in [0.2, 0.25) is 10.0 Å². The molecular formula is C23H25ClN4O3S. The summed E-state index contributed by atoms with van der Waals surface area (Å²) in [7, 11) is -3.62. The van der Waals surface area contributed by atoms with Crippen molar-refractivity contribution in [3.05, 3.63) is 76.1 Å². The summed E-state index contributed by atoms with van der Waals surface area (Å²) in [4.78, 5) is 15.2. The molecule has 4 rings (SSSR count). The number of piperazine rings is 1. The number of carbonyl (C=O) groups is 1. The number of rotatable bonds is 4. The Balaban J connectivity index is 1.52. The molecule has 9 heteroatoms. The van der Waals surface area contributed by atoms with Gasteiger partial charge in [0, 0.05) is 26.2 Å². The van der Waals surface area contributed by atoms with E-state index in [4.69, 9.17) is 11.6 Å². The molecule has 1 saturated heterocycles. The van der Waals surface area contributed by atoms with Gasteiger partial charge in [0.05, 0.1) is 21.8 Å².